The molecule has 0 fully saturated rings. The molecule has 0 radical (unpaired) electrons. The SMILES string of the molecule is Cc1cc(O)cc(C)c1C[C@H](NC(=O)[C@@H](N)Cc1ccccc1)C(=O)N[C@H](CCCN=C(N)N)C(=O)N[C@@H](CCCCN)C(N)=O. The number of benzene rings is 2. The zero-order valence-electron chi connectivity index (χ0n) is 26.6. The molecule has 0 aromatic heterocycles. The van der Waals surface area contributed by atoms with Crippen LogP contribution < -0.4 is 44.6 Å². The van der Waals surface area contributed by atoms with Crippen molar-refractivity contribution < 1.29 is 24.3 Å². The highest BCUT2D eigenvalue weighted by molar-refractivity contribution is 5.94. The van der Waals surface area contributed by atoms with Crippen molar-refractivity contribution in [3.63, 3.8) is 0 Å². The molecule has 0 aliphatic rings. The average molecular weight is 640 g/mol. The Kier molecular flexibility index (Phi) is 15.5. The van der Waals surface area contributed by atoms with Gasteiger partial charge in [-0.15, -0.1) is 0 Å². The number of phenolic OH excluding ortho intramolecular Hbond substituents is 1. The third-order valence-electron chi connectivity index (χ3n) is 7.54. The van der Waals surface area contributed by atoms with E-state index in [0.717, 1.165) is 11.1 Å². The lowest BCUT2D eigenvalue weighted by molar-refractivity contribution is -0.133. The lowest BCUT2D eigenvalue weighted by Gasteiger charge is -2.26. The van der Waals surface area contributed by atoms with Crippen LogP contribution in [0.15, 0.2) is 47.5 Å². The van der Waals surface area contributed by atoms with Crippen LogP contribution in [0, 0.1) is 13.8 Å². The summed E-state index contributed by atoms with van der Waals surface area (Å²) < 4.78 is 0. The lowest BCUT2D eigenvalue weighted by Crippen LogP contribution is -2.58. The van der Waals surface area contributed by atoms with E-state index in [4.69, 9.17) is 28.7 Å². The number of aliphatic imine (C=N–C) groups is 1. The van der Waals surface area contributed by atoms with Gasteiger partial charge < -0.3 is 49.7 Å². The molecule has 14 heteroatoms. The van der Waals surface area contributed by atoms with Gasteiger partial charge in [-0.2, -0.15) is 0 Å². The maximum atomic E-state index is 13.9. The van der Waals surface area contributed by atoms with Crippen LogP contribution in [0.5, 0.6) is 5.75 Å². The summed E-state index contributed by atoms with van der Waals surface area (Å²) in [5.74, 6) is -2.59. The zero-order valence-corrected chi connectivity index (χ0v) is 26.6. The van der Waals surface area contributed by atoms with Gasteiger partial charge in [-0.25, -0.2) is 0 Å². The molecule has 0 saturated heterocycles. The quantitative estimate of drug-likeness (QED) is 0.0530. The van der Waals surface area contributed by atoms with Gasteiger partial charge in [0, 0.05) is 13.0 Å². The van der Waals surface area contributed by atoms with E-state index < -0.39 is 47.8 Å². The third kappa shape index (κ3) is 12.7. The number of aryl methyl sites for hydroxylation is 2. The Hall–Kier alpha value is -4.69. The Morgan fingerprint density at radius 2 is 1.35 bits per heavy atom. The van der Waals surface area contributed by atoms with Gasteiger partial charge in [-0.3, -0.25) is 24.2 Å². The second-order valence-corrected chi connectivity index (χ2v) is 11.4. The molecule has 2 aromatic rings. The summed E-state index contributed by atoms with van der Waals surface area (Å²) >= 11 is 0. The number of nitrogens with one attached hydrogen (secondary N) is 3. The Morgan fingerprint density at radius 3 is 1.93 bits per heavy atom. The normalized spacial score (nSPS) is 13.5. The number of amides is 4. The Morgan fingerprint density at radius 1 is 0.783 bits per heavy atom. The summed E-state index contributed by atoms with van der Waals surface area (Å²) in [5.41, 5.74) is 31.2. The number of nitrogens with zero attached hydrogens (tertiary/aromatic N) is 1. The van der Waals surface area contributed by atoms with Crippen molar-refractivity contribution >= 4 is 29.6 Å². The fourth-order valence-electron chi connectivity index (χ4n) is 5.04. The highest BCUT2D eigenvalue weighted by Crippen LogP contribution is 2.22. The summed E-state index contributed by atoms with van der Waals surface area (Å²) in [6.07, 6.45) is 2.22. The Labute approximate surface area is 269 Å². The average Bonchev–Trinajstić information content (AvgIpc) is 2.99. The van der Waals surface area contributed by atoms with Crippen LogP contribution in [0.2, 0.25) is 0 Å². The van der Waals surface area contributed by atoms with Gasteiger partial charge in [0.05, 0.1) is 6.04 Å². The van der Waals surface area contributed by atoms with Crippen LogP contribution in [0.1, 0.15) is 54.4 Å². The fraction of sp³-hybridized carbons (Fsp3) is 0.469. The van der Waals surface area contributed by atoms with Crippen molar-refractivity contribution in [2.24, 2.45) is 33.7 Å². The molecule has 0 spiro atoms. The van der Waals surface area contributed by atoms with E-state index in [9.17, 15) is 24.3 Å². The molecule has 0 heterocycles. The largest absolute Gasteiger partial charge is 0.508 e. The zero-order chi connectivity index (χ0) is 34.2. The minimum atomic E-state index is -1.14. The first-order chi connectivity index (χ1) is 21.8. The summed E-state index contributed by atoms with van der Waals surface area (Å²) in [6.45, 7) is 4.19. The Bertz CT molecular complexity index is 1330. The van der Waals surface area contributed by atoms with E-state index in [1.54, 1.807) is 26.0 Å². The number of hydrogen-bond donors (Lipinski definition) is 9. The van der Waals surface area contributed by atoms with E-state index >= 15 is 0 Å². The first-order valence-electron chi connectivity index (χ1n) is 15.4. The summed E-state index contributed by atoms with van der Waals surface area (Å²) in [5, 5.41) is 18.2. The van der Waals surface area contributed by atoms with Crippen molar-refractivity contribution in [1.29, 1.82) is 0 Å². The molecule has 0 bridgehead atoms. The number of phenols is 1. The minimum absolute atomic E-state index is 0.0545. The smallest absolute Gasteiger partial charge is 0.243 e. The maximum absolute atomic E-state index is 13.9. The molecule has 46 heavy (non-hydrogen) atoms. The molecule has 14 N–H and O–H groups in total. The van der Waals surface area contributed by atoms with Crippen molar-refractivity contribution in [3.8, 4) is 5.75 Å². The number of rotatable bonds is 19. The second kappa shape index (κ2) is 19.0. The molecule has 4 amide bonds. The molecule has 0 aliphatic carbocycles. The highest BCUT2D eigenvalue weighted by atomic mass is 16.3. The molecule has 2 aromatic carbocycles. The summed E-state index contributed by atoms with van der Waals surface area (Å²) in [4.78, 5) is 56.6. The van der Waals surface area contributed by atoms with Gasteiger partial charge >= 0.3 is 0 Å². The maximum Gasteiger partial charge on any atom is 0.243 e. The fourth-order valence-corrected chi connectivity index (χ4v) is 5.04. The van der Waals surface area contributed by atoms with Gasteiger partial charge in [0.2, 0.25) is 23.6 Å². The topological polar surface area (TPSA) is 267 Å². The van der Waals surface area contributed by atoms with Crippen molar-refractivity contribution in [1.82, 2.24) is 16.0 Å². The van der Waals surface area contributed by atoms with Crippen molar-refractivity contribution in [2.45, 2.75) is 83.0 Å². The summed E-state index contributed by atoms with van der Waals surface area (Å²) in [6, 6.07) is 8.18. The molecular weight excluding hydrogens is 590 g/mol. The van der Waals surface area contributed by atoms with Crippen LogP contribution in [0.3, 0.4) is 0 Å². The first kappa shape index (κ1) is 37.5. The Balaban J connectivity index is 2.34. The second-order valence-electron chi connectivity index (χ2n) is 11.4. The van der Waals surface area contributed by atoms with Crippen LogP contribution in [-0.2, 0) is 32.0 Å². The number of nitrogens with two attached hydrogens (primary N) is 5. The van der Waals surface area contributed by atoms with Crippen molar-refractivity contribution in [2.75, 3.05) is 13.1 Å². The van der Waals surface area contributed by atoms with E-state index in [-0.39, 0.29) is 43.9 Å². The molecule has 0 aliphatic heterocycles. The molecule has 2 rings (SSSR count). The van der Waals surface area contributed by atoms with Crippen LogP contribution in [0.25, 0.3) is 0 Å². The highest BCUT2D eigenvalue weighted by Gasteiger charge is 2.30. The van der Waals surface area contributed by atoms with Gasteiger partial charge in [-0.1, -0.05) is 30.3 Å². The van der Waals surface area contributed by atoms with E-state index in [2.05, 4.69) is 20.9 Å². The number of primary amides is 1. The number of carbonyl (C=O) groups is 4. The van der Waals surface area contributed by atoms with E-state index in [0.29, 0.717) is 36.9 Å². The van der Waals surface area contributed by atoms with Gasteiger partial charge in [0.15, 0.2) is 5.96 Å². The molecule has 14 nitrogen and oxygen atoms in total. The van der Waals surface area contributed by atoms with Gasteiger partial charge in [0.1, 0.15) is 23.9 Å². The van der Waals surface area contributed by atoms with Crippen LogP contribution in [-0.4, -0.2) is 72.0 Å². The number of carbonyl (C=O) groups excluding carboxylic acids is 4. The monoisotopic (exact) mass is 639 g/mol. The predicted molar refractivity (Wildman–Crippen MR) is 177 cm³/mol. The molecule has 0 unspecified atom stereocenters. The van der Waals surface area contributed by atoms with Crippen molar-refractivity contribution in [3.05, 3.63) is 64.7 Å². The molecule has 4 atom stereocenters. The number of hydrogen-bond acceptors (Lipinski definition) is 8. The first-order valence-corrected chi connectivity index (χ1v) is 15.4. The van der Waals surface area contributed by atoms with E-state index in [1.165, 1.54) is 0 Å². The van der Waals surface area contributed by atoms with Gasteiger partial charge in [0.25, 0.3) is 0 Å². The number of guanidine groups is 1. The number of aromatic hydroxyl groups is 1. The third-order valence-corrected chi connectivity index (χ3v) is 7.54. The summed E-state index contributed by atoms with van der Waals surface area (Å²) in [7, 11) is 0. The molecule has 252 valence electrons. The predicted octanol–water partition coefficient (Wildman–Crippen LogP) is -0.756. The minimum Gasteiger partial charge on any atom is -0.508 e. The van der Waals surface area contributed by atoms with Gasteiger partial charge in [-0.05, 0) is 93.3 Å². The lowest BCUT2D eigenvalue weighted by atomic mass is 9.95. The van der Waals surface area contributed by atoms with Crippen LogP contribution in [0.4, 0.5) is 0 Å². The standard InChI is InChI=1S/C32H49N9O5/c1-19-15-22(42)16-20(2)23(19)18-27(41-29(44)24(34)17-21-9-4-3-5-10-21)31(46)40-26(12-8-14-38-32(36)37)30(45)39-25(28(35)43)11-6-7-13-33/h3-5,9-10,15-16,24-27,42H,6-8,11-14,17-18,33-34H2,1-2H3,(H2,35,43)(H,39,45)(H,40,46)(H,41,44)(H4,36,37,38)/t24-,25-,26+,27-/m0/s1. The van der Waals surface area contributed by atoms with E-state index in [1.807, 2.05) is 30.3 Å². The molecular formula is C32H49N9O5. The van der Waals surface area contributed by atoms with Crippen LogP contribution >= 0.6 is 0 Å². The molecule has 0 saturated carbocycles. The number of unbranched alkanes of at least 4 members (excludes halogenated alkanes) is 1.